The Bertz CT molecular complexity index is 273. The van der Waals surface area contributed by atoms with Crippen LogP contribution in [0.3, 0.4) is 0 Å². The van der Waals surface area contributed by atoms with Gasteiger partial charge >= 0.3 is 12.1 Å². The highest BCUT2D eigenvalue weighted by molar-refractivity contribution is 6.29. The summed E-state index contributed by atoms with van der Waals surface area (Å²) in [4.78, 5) is 10.9. The van der Waals surface area contributed by atoms with Crippen molar-refractivity contribution in [3.8, 4) is 0 Å². The fourth-order valence-corrected chi connectivity index (χ4v) is 0.615. The Labute approximate surface area is 79.8 Å². The van der Waals surface area contributed by atoms with Crippen molar-refractivity contribution in [2.24, 2.45) is 0 Å². The number of carbonyl (C=O) groups excluding carboxylic acids is 1. The van der Waals surface area contributed by atoms with Gasteiger partial charge in [0.25, 0.3) is 0 Å². The summed E-state index contributed by atoms with van der Waals surface area (Å²) in [6, 6.07) is 0. The van der Waals surface area contributed by atoms with Crippen molar-refractivity contribution in [1.29, 1.82) is 5.41 Å². The molecular weight excluding hydrogens is 198 g/mol. The lowest BCUT2D eigenvalue weighted by Crippen LogP contribution is -2.28. The van der Waals surface area contributed by atoms with Crippen molar-refractivity contribution in [2.45, 2.75) is 13.1 Å². The first-order chi connectivity index (χ1) is 6.34. The first kappa shape index (κ1) is 12.7. The first-order valence-electron chi connectivity index (χ1n) is 3.59. The SMILES string of the molecule is [B]/C=C(\C(=N)C(F)(F)F)C(=O)OCC. The molecule has 76 valence electrons. The van der Waals surface area contributed by atoms with Crippen molar-refractivity contribution in [3.63, 3.8) is 0 Å². The number of halogens is 3. The normalized spacial score (nSPS) is 12.4. The van der Waals surface area contributed by atoms with Gasteiger partial charge in [0.2, 0.25) is 0 Å². The molecule has 2 radical (unpaired) electrons. The molecule has 0 aliphatic rings. The molecule has 0 aliphatic carbocycles. The third-order valence-electron chi connectivity index (χ3n) is 1.21. The van der Waals surface area contributed by atoms with E-state index in [1.54, 1.807) is 0 Å². The van der Waals surface area contributed by atoms with Crippen molar-refractivity contribution in [3.05, 3.63) is 11.5 Å². The van der Waals surface area contributed by atoms with Crippen molar-refractivity contribution in [2.75, 3.05) is 6.61 Å². The molecule has 0 aromatic heterocycles. The van der Waals surface area contributed by atoms with Gasteiger partial charge in [0.05, 0.1) is 12.2 Å². The molecule has 3 nitrogen and oxygen atoms in total. The largest absolute Gasteiger partial charge is 0.462 e. The second-order valence-electron chi connectivity index (χ2n) is 2.17. The average Bonchev–Trinajstić information content (AvgIpc) is 2.04. The highest BCUT2D eigenvalue weighted by atomic mass is 19.4. The molecule has 0 aromatic carbocycles. The summed E-state index contributed by atoms with van der Waals surface area (Å²) in [6.07, 6.45) is -4.90. The molecule has 0 amide bonds. The molecule has 0 saturated carbocycles. The number of nitrogens with one attached hydrogen (secondary N) is 1. The van der Waals surface area contributed by atoms with Crippen LogP contribution < -0.4 is 0 Å². The molecule has 0 aromatic rings. The zero-order chi connectivity index (χ0) is 11.4. The maximum Gasteiger partial charge on any atom is 0.433 e. The number of hydrogen-bond acceptors (Lipinski definition) is 3. The van der Waals surface area contributed by atoms with E-state index in [0.717, 1.165) is 0 Å². The van der Waals surface area contributed by atoms with E-state index in [2.05, 4.69) is 4.74 Å². The van der Waals surface area contributed by atoms with Crippen LogP contribution in [0.25, 0.3) is 0 Å². The van der Waals surface area contributed by atoms with Crippen LogP contribution in [-0.4, -0.2) is 32.3 Å². The van der Waals surface area contributed by atoms with E-state index in [1.807, 2.05) is 0 Å². The molecule has 0 bridgehead atoms. The smallest absolute Gasteiger partial charge is 0.433 e. The van der Waals surface area contributed by atoms with Crippen LogP contribution >= 0.6 is 0 Å². The van der Waals surface area contributed by atoms with Gasteiger partial charge in [-0.15, -0.1) is 5.98 Å². The number of ether oxygens (including phenoxy) is 1. The van der Waals surface area contributed by atoms with E-state index in [4.69, 9.17) is 13.3 Å². The van der Waals surface area contributed by atoms with Crippen LogP contribution in [0.15, 0.2) is 11.5 Å². The summed E-state index contributed by atoms with van der Waals surface area (Å²) in [7, 11) is 4.80. The van der Waals surface area contributed by atoms with Crippen LogP contribution in [0.5, 0.6) is 0 Å². The van der Waals surface area contributed by atoms with Gasteiger partial charge in [-0.05, 0) is 6.92 Å². The van der Waals surface area contributed by atoms with Gasteiger partial charge in [0, 0.05) is 0 Å². The minimum Gasteiger partial charge on any atom is -0.462 e. The molecule has 0 aliphatic heterocycles. The topological polar surface area (TPSA) is 50.2 Å². The lowest BCUT2D eigenvalue weighted by molar-refractivity contribution is -0.138. The maximum atomic E-state index is 12.0. The van der Waals surface area contributed by atoms with E-state index in [-0.39, 0.29) is 6.61 Å². The molecular formula is C7H7BF3NO2. The van der Waals surface area contributed by atoms with Crippen LogP contribution in [0.4, 0.5) is 13.2 Å². The van der Waals surface area contributed by atoms with Gasteiger partial charge < -0.3 is 4.74 Å². The molecule has 0 atom stereocenters. The van der Waals surface area contributed by atoms with E-state index >= 15 is 0 Å². The van der Waals surface area contributed by atoms with Crippen LogP contribution in [-0.2, 0) is 9.53 Å². The lowest BCUT2D eigenvalue weighted by atomic mass is 10.0. The van der Waals surface area contributed by atoms with Crippen LogP contribution in [0.1, 0.15) is 6.92 Å². The Morgan fingerprint density at radius 1 is 1.57 bits per heavy atom. The minimum atomic E-state index is -4.90. The molecule has 14 heavy (non-hydrogen) atoms. The zero-order valence-corrected chi connectivity index (χ0v) is 7.31. The van der Waals surface area contributed by atoms with Gasteiger partial charge in [-0.1, -0.05) is 0 Å². The summed E-state index contributed by atoms with van der Waals surface area (Å²) in [5, 5.41) is 6.63. The van der Waals surface area contributed by atoms with E-state index in [9.17, 15) is 18.0 Å². The quantitative estimate of drug-likeness (QED) is 0.325. The Morgan fingerprint density at radius 2 is 2.07 bits per heavy atom. The van der Waals surface area contributed by atoms with Gasteiger partial charge in [-0.3, -0.25) is 5.41 Å². The fraction of sp³-hybridized carbons (Fsp3) is 0.429. The van der Waals surface area contributed by atoms with Gasteiger partial charge in [0.1, 0.15) is 13.6 Å². The first-order valence-corrected chi connectivity index (χ1v) is 3.59. The minimum absolute atomic E-state index is 0.0820. The molecule has 7 heteroatoms. The molecule has 0 rings (SSSR count). The summed E-state index contributed by atoms with van der Waals surface area (Å²) in [5.41, 5.74) is -2.79. The van der Waals surface area contributed by atoms with E-state index < -0.39 is 23.4 Å². The molecule has 0 fully saturated rings. The van der Waals surface area contributed by atoms with Gasteiger partial charge in [0.15, 0.2) is 0 Å². The summed E-state index contributed by atoms with van der Waals surface area (Å²) in [5.74, 6) is -0.842. The third kappa shape index (κ3) is 3.23. The maximum absolute atomic E-state index is 12.0. The molecule has 1 N–H and O–H groups in total. The standard InChI is InChI=1S/C7H7BF3NO2/c1-2-14-6(13)4(3-8)5(12)7(9,10)11/h3,12H,2H2,1H3/b4-3+,12-5?. The molecule has 0 spiro atoms. The van der Waals surface area contributed by atoms with Crippen molar-refractivity contribution in [1.82, 2.24) is 0 Å². The number of esters is 1. The zero-order valence-electron chi connectivity index (χ0n) is 7.31. The Morgan fingerprint density at radius 3 is 2.36 bits per heavy atom. The summed E-state index contributed by atoms with van der Waals surface area (Å²) >= 11 is 0. The van der Waals surface area contributed by atoms with Crippen molar-refractivity contribution >= 4 is 19.5 Å². The monoisotopic (exact) mass is 205 g/mol. The Balaban J connectivity index is 4.77. The highest BCUT2D eigenvalue weighted by Gasteiger charge is 2.38. The predicted molar refractivity (Wildman–Crippen MR) is 44.3 cm³/mol. The second-order valence-corrected chi connectivity index (χ2v) is 2.17. The molecule has 0 heterocycles. The Hall–Kier alpha value is -1.27. The van der Waals surface area contributed by atoms with E-state index in [0.29, 0.717) is 5.98 Å². The van der Waals surface area contributed by atoms with E-state index in [1.165, 1.54) is 6.92 Å². The number of hydrogen-bond donors (Lipinski definition) is 1. The summed E-state index contributed by atoms with van der Waals surface area (Å²) < 4.78 is 40.2. The van der Waals surface area contributed by atoms with Gasteiger partial charge in [-0.25, -0.2) is 4.79 Å². The third-order valence-corrected chi connectivity index (χ3v) is 1.21. The predicted octanol–water partition coefficient (Wildman–Crippen LogP) is 1.18. The van der Waals surface area contributed by atoms with Crippen LogP contribution in [0, 0.1) is 5.41 Å². The Kier molecular flexibility index (Phi) is 4.39. The number of alkyl halides is 3. The average molecular weight is 205 g/mol. The van der Waals surface area contributed by atoms with Crippen LogP contribution in [0.2, 0.25) is 0 Å². The summed E-state index contributed by atoms with van der Waals surface area (Å²) in [6.45, 7) is 1.35. The second kappa shape index (κ2) is 4.83. The van der Waals surface area contributed by atoms with Crippen molar-refractivity contribution < 1.29 is 22.7 Å². The highest BCUT2D eigenvalue weighted by Crippen LogP contribution is 2.21. The lowest BCUT2D eigenvalue weighted by Gasteiger charge is -2.10. The number of carbonyl (C=O) groups is 1. The molecule has 0 unspecified atom stereocenters. The fourth-order valence-electron chi connectivity index (χ4n) is 0.615. The molecule has 0 saturated heterocycles. The number of rotatable bonds is 3. The van der Waals surface area contributed by atoms with Gasteiger partial charge in [-0.2, -0.15) is 13.2 Å².